The fourth-order valence-electron chi connectivity index (χ4n) is 1.80. The molecule has 2 aromatic rings. The SMILES string of the molecule is Cc1cc(N)cc(C(=O)NCc2ccnn2C)c1F. The van der Waals surface area contributed by atoms with E-state index in [1.165, 1.54) is 12.1 Å². The van der Waals surface area contributed by atoms with Gasteiger partial charge in [0.05, 0.1) is 17.8 Å². The quantitative estimate of drug-likeness (QED) is 0.821. The topological polar surface area (TPSA) is 72.9 Å². The minimum absolute atomic E-state index is 0.0420. The number of carbonyl (C=O) groups is 1. The first kappa shape index (κ1) is 13.1. The highest BCUT2D eigenvalue weighted by Crippen LogP contribution is 2.17. The Bertz CT molecular complexity index is 621. The van der Waals surface area contributed by atoms with Crippen molar-refractivity contribution in [1.82, 2.24) is 15.1 Å². The normalized spacial score (nSPS) is 10.5. The molecular weight excluding hydrogens is 247 g/mol. The molecule has 1 heterocycles. The molecule has 1 aromatic heterocycles. The maximum Gasteiger partial charge on any atom is 0.254 e. The highest BCUT2D eigenvalue weighted by molar-refractivity contribution is 5.95. The third-order valence-electron chi connectivity index (χ3n) is 2.87. The second-order valence-corrected chi connectivity index (χ2v) is 4.33. The molecule has 0 saturated carbocycles. The van der Waals surface area contributed by atoms with Gasteiger partial charge in [-0.2, -0.15) is 5.10 Å². The van der Waals surface area contributed by atoms with Crippen molar-refractivity contribution in [3.63, 3.8) is 0 Å². The molecule has 0 radical (unpaired) electrons. The Hall–Kier alpha value is -2.37. The Labute approximate surface area is 110 Å². The number of anilines is 1. The van der Waals surface area contributed by atoms with E-state index in [1.54, 1.807) is 30.9 Å². The number of nitrogens with zero attached hydrogens (tertiary/aromatic N) is 2. The molecular formula is C13H15FN4O. The van der Waals surface area contributed by atoms with Gasteiger partial charge in [0.15, 0.2) is 0 Å². The van der Waals surface area contributed by atoms with Crippen molar-refractivity contribution in [3.05, 3.63) is 47.0 Å². The Kier molecular flexibility index (Phi) is 3.50. The van der Waals surface area contributed by atoms with Crippen LogP contribution in [0.25, 0.3) is 0 Å². The van der Waals surface area contributed by atoms with Crippen molar-refractivity contribution >= 4 is 11.6 Å². The predicted octanol–water partition coefficient (Wildman–Crippen LogP) is 1.38. The predicted molar refractivity (Wildman–Crippen MR) is 69.9 cm³/mol. The summed E-state index contributed by atoms with van der Waals surface area (Å²) >= 11 is 0. The largest absolute Gasteiger partial charge is 0.399 e. The number of aromatic nitrogens is 2. The van der Waals surface area contributed by atoms with E-state index in [-0.39, 0.29) is 12.1 Å². The number of hydrogen-bond donors (Lipinski definition) is 2. The Balaban J connectivity index is 2.15. The van der Waals surface area contributed by atoms with E-state index in [0.717, 1.165) is 5.69 Å². The van der Waals surface area contributed by atoms with Crippen molar-refractivity contribution in [2.75, 3.05) is 5.73 Å². The van der Waals surface area contributed by atoms with Gasteiger partial charge in [0.2, 0.25) is 0 Å². The summed E-state index contributed by atoms with van der Waals surface area (Å²) in [5.74, 6) is -1.04. The number of rotatable bonds is 3. The highest BCUT2D eigenvalue weighted by Gasteiger charge is 2.14. The molecule has 0 unspecified atom stereocenters. The van der Waals surface area contributed by atoms with Gasteiger partial charge in [-0.3, -0.25) is 9.48 Å². The fourth-order valence-corrected chi connectivity index (χ4v) is 1.80. The Morgan fingerprint density at radius 3 is 2.89 bits per heavy atom. The van der Waals surface area contributed by atoms with Crippen LogP contribution in [0.4, 0.5) is 10.1 Å². The molecule has 100 valence electrons. The summed E-state index contributed by atoms with van der Waals surface area (Å²) in [6.07, 6.45) is 1.63. The van der Waals surface area contributed by atoms with Crippen molar-refractivity contribution in [1.29, 1.82) is 0 Å². The third kappa shape index (κ3) is 2.73. The number of nitrogens with two attached hydrogens (primary N) is 1. The zero-order chi connectivity index (χ0) is 14.0. The van der Waals surface area contributed by atoms with Crippen LogP contribution in [0.15, 0.2) is 24.4 Å². The molecule has 6 heteroatoms. The summed E-state index contributed by atoms with van der Waals surface area (Å²) in [7, 11) is 1.77. The number of aryl methyl sites for hydroxylation is 2. The van der Waals surface area contributed by atoms with Gasteiger partial charge in [-0.05, 0) is 30.7 Å². The summed E-state index contributed by atoms with van der Waals surface area (Å²) in [5.41, 5.74) is 7.12. The maximum atomic E-state index is 13.8. The van der Waals surface area contributed by atoms with Crippen LogP contribution in [0.5, 0.6) is 0 Å². The van der Waals surface area contributed by atoms with Crippen molar-refractivity contribution < 1.29 is 9.18 Å². The van der Waals surface area contributed by atoms with E-state index in [4.69, 9.17) is 5.73 Å². The van der Waals surface area contributed by atoms with E-state index in [2.05, 4.69) is 10.4 Å². The van der Waals surface area contributed by atoms with Crippen molar-refractivity contribution in [3.8, 4) is 0 Å². The minimum Gasteiger partial charge on any atom is -0.399 e. The number of benzene rings is 1. The van der Waals surface area contributed by atoms with E-state index >= 15 is 0 Å². The standard InChI is InChI=1S/C13H15FN4O/c1-8-5-9(15)6-11(12(8)14)13(19)16-7-10-3-4-17-18(10)2/h3-6H,7,15H2,1-2H3,(H,16,19). The molecule has 2 rings (SSSR count). The molecule has 0 saturated heterocycles. The molecule has 1 amide bonds. The van der Waals surface area contributed by atoms with E-state index in [1.807, 2.05) is 0 Å². The number of nitrogen functional groups attached to an aromatic ring is 1. The van der Waals surface area contributed by atoms with Gasteiger partial charge in [0.25, 0.3) is 5.91 Å². The first-order chi connectivity index (χ1) is 8.99. The first-order valence-corrected chi connectivity index (χ1v) is 5.79. The zero-order valence-corrected chi connectivity index (χ0v) is 10.8. The van der Waals surface area contributed by atoms with Crippen LogP contribution < -0.4 is 11.1 Å². The van der Waals surface area contributed by atoms with Crippen LogP contribution in [0.2, 0.25) is 0 Å². The van der Waals surface area contributed by atoms with E-state index in [0.29, 0.717) is 11.3 Å². The first-order valence-electron chi connectivity index (χ1n) is 5.79. The van der Waals surface area contributed by atoms with Crippen LogP contribution in [0.1, 0.15) is 21.6 Å². The monoisotopic (exact) mass is 262 g/mol. The van der Waals surface area contributed by atoms with Crippen molar-refractivity contribution in [2.45, 2.75) is 13.5 Å². The number of nitrogens with one attached hydrogen (secondary N) is 1. The van der Waals surface area contributed by atoms with Crippen molar-refractivity contribution in [2.24, 2.45) is 7.05 Å². The molecule has 1 aromatic carbocycles. The molecule has 0 aliphatic carbocycles. The third-order valence-corrected chi connectivity index (χ3v) is 2.87. The molecule has 5 nitrogen and oxygen atoms in total. The average Bonchev–Trinajstić information content (AvgIpc) is 2.76. The van der Waals surface area contributed by atoms with E-state index < -0.39 is 11.7 Å². The van der Waals surface area contributed by atoms with Crippen LogP contribution in [-0.4, -0.2) is 15.7 Å². The van der Waals surface area contributed by atoms with Gasteiger partial charge in [-0.1, -0.05) is 0 Å². The molecule has 0 atom stereocenters. The average molecular weight is 262 g/mol. The lowest BCUT2D eigenvalue weighted by Crippen LogP contribution is -2.25. The number of carbonyl (C=O) groups excluding carboxylic acids is 1. The lowest BCUT2D eigenvalue weighted by atomic mass is 10.1. The smallest absolute Gasteiger partial charge is 0.254 e. The Morgan fingerprint density at radius 1 is 1.53 bits per heavy atom. The second kappa shape index (κ2) is 5.09. The minimum atomic E-state index is -0.545. The fraction of sp³-hybridized carbons (Fsp3) is 0.231. The summed E-state index contributed by atoms with van der Waals surface area (Å²) in [4.78, 5) is 11.9. The van der Waals surface area contributed by atoms with Gasteiger partial charge >= 0.3 is 0 Å². The van der Waals surface area contributed by atoms with Crippen LogP contribution >= 0.6 is 0 Å². The molecule has 0 bridgehead atoms. The van der Waals surface area contributed by atoms with Crippen LogP contribution in [0, 0.1) is 12.7 Å². The maximum absolute atomic E-state index is 13.8. The molecule has 0 aliphatic rings. The lowest BCUT2D eigenvalue weighted by molar-refractivity contribution is 0.0946. The van der Waals surface area contributed by atoms with Gasteiger partial charge in [-0.15, -0.1) is 0 Å². The van der Waals surface area contributed by atoms with Gasteiger partial charge in [0.1, 0.15) is 5.82 Å². The molecule has 0 aliphatic heterocycles. The lowest BCUT2D eigenvalue weighted by Gasteiger charge is -2.09. The number of amides is 1. The second-order valence-electron chi connectivity index (χ2n) is 4.33. The number of hydrogen-bond acceptors (Lipinski definition) is 3. The zero-order valence-electron chi connectivity index (χ0n) is 10.8. The summed E-state index contributed by atoms with van der Waals surface area (Å²) < 4.78 is 15.5. The summed E-state index contributed by atoms with van der Waals surface area (Å²) in [6.45, 7) is 1.85. The molecule has 0 fully saturated rings. The van der Waals surface area contributed by atoms with E-state index in [9.17, 15) is 9.18 Å². The van der Waals surface area contributed by atoms with Crippen LogP contribution in [0.3, 0.4) is 0 Å². The van der Waals surface area contributed by atoms with Crippen LogP contribution in [-0.2, 0) is 13.6 Å². The summed E-state index contributed by atoms with van der Waals surface area (Å²) in [5, 5.41) is 6.63. The van der Waals surface area contributed by atoms with Gasteiger partial charge in [-0.25, -0.2) is 4.39 Å². The molecule has 19 heavy (non-hydrogen) atoms. The number of halogens is 1. The van der Waals surface area contributed by atoms with Gasteiger partial charge < -0.3 is 11.1 Å². The highest BCUT2D eigenvalue weighted by atomic mass is 19.1. The summed E-state index contributed by atoms with van der Waals surface area (Å²) in [6, 6.07) is 4.61. The molecule has 0 spiro atoms. The van der Waals surface area contributed by atoms with Gasteiger partial charge in [0, 0.05) is 18.9 Å². The molecule has 3 N–H and O–H groups in total. The Morgan fingerprint density at radius 2 is 2.26 bits per heavy atom.